The summed E-state index contributed by atoms with van der Waals surface area (Å²) >= 11 is 0. The Morgan fingerprint density at radius 1 is 1.35 bits per heavy atom. The molecular weight excluding hydrogens is 299 g/mol. The Morgan fingerprint density at radius 3 is 2.55 bits per heavy atom. The molecule has 112 valence electrons. The van der Waals surface area contributed by atoms with Crippen LogP contribution >= 0.6 is 0 Å². The molecule has 0 bridgehead atoms. The summed E-state index contributed by atoms with van der Waals surface area (Å²) < 4.78 is 67.3. The molecule has 0 spiro atoms. The number of hydrogen-bond acceptors (Lipinski definition) is 4. The molecule has 1 aromatic rings. The molecular formula is C11H12F3NO4S. The Kier molecular flexibility index (Phi) is 5.12. The molecule has 1 aromatic carbocycles. The number of carbonyl (C=O) groups is 1. The van der Waals surface area contributed by atoms with E-state index >= 15 is 0 Å². The van der Waals surface area contributed by atoms with E-state index in [1.807, 2.05) is 4.72 Å². The Balaban J connectivity index is 2.91. The van der Waals surface area contributed by atoms with Crippen LogP contribution in [0.2, 0.25) is 0 Å². The summed E-state index contributed by atoms with van der Waals surface area (Å²) in [6, 6.07) is 3.22. The molecule has 1 N–H and O–H groups in total. The van der Waals surface area contributed by atoms with E-state index in [1.165, 1.54) is 0 Å². The second-order valence-electron chi connectivity index (χ2n) is 3.66. The highest BCUT2D eigenvalue weighted by Gasteiger charge is 2.31. The van der Waals surface area contributed by atoms with Crippen molar-refractivity contribution in [3.8, 4) is 0 Å². The Bertz CT molecular complexity index is 584. The van der Waals surface area contributed by atoms with Gasteiger partial charge in [-0.25, -0.2) is 8.42 Å². The molecule has 0 aliphatic heterocycles. The molecule has 0 fully saturated rings. The average Bonchev–Trinajstić information content (AvgIpc) is 2.36. The molecule has 9 heteroatoms. The smallest absolute Gasteiger partial charge is 0.416 e. The predicted octanol–water partition coefficient (Wildman–Crippen LogP) is 1.55. The Labute approximate surface area is 113 Å². The summed E-state index contributed by atoms with van der Waals surface area (Å²) in [6.45, 7) is 0.968. The Hall–Kier alpha value is -1.61. The van der Waals surface area contributed by atoms with Crippen LogP contribution in [0.3, 0.4) is 0 Å². The van der Waals surface area contributed by atoms with Crippen LogP contribution < -0.4 is 4.72 Å². The third-order valence-electron chi connectivity index (χ3n) is 2.18. The van der Waals surface area contributed by atoms with Crippen LogP contribution in [0.1, 0.15) is 12.5 Å². The lowest BCUT2D eigenvalue weighted by molar-refractivity contribution is -0.141. The molecule has 0 heterocycles. The highest BCUT2D eigenvalue weighted by Crippen LogP contribution is 2.30. The first-order valence-electron chi connectivity index (χ1n) is 5.49. The van der Waals surface area contributed by atoms with Gasteiger partial charge in [-0.1, -0.05) is 6.07 Å². The van der Waals surface area contributed by atoms with Crippen LogP contribution in [0.25, 0.3) is 0 Å². The van der Waals surface area contributed by atoms with E-state index < -0.39 is 39.2 Å². The van der Waals surface area contributed by atoms with Gasteiger partial charge in [0.15, 0.2) is 0 Å². The first-order chi connectivity index (χ1) is 9.16. The second kappa shape index (κ2) is 6.23. The number of nitrogens with one attached hydrogen (secondary N) is 1. The minimum atomic E-state index is -4.65. The van der Waals surface area contributed by atoms with E-state index in [1.54, 1.807) is 6.92 Å². The van der Waals surface area contributed by atoms with Gasteiger partial charge >= 0.3 is 12.1 Å². The predicted molar refractivity (Wildman–Crippen MR) is 63.3 cm³/mol. The van der Waals surface area contributed by atoms with Gasteiger partial charge in [0.2, 0.25) is 10.0 Å². The summed E-state index contributed by atoms with van der Waals surface area (Å²) in [4.78, 5) is 10.4. The standard InChI is InChI=1S/C11H12F3NO4S/c1-2-19-10(16)7-15-20(17,18)9-5-3-4-8(6-9)11(12,13)14/h3-6,15H,2,7H2,1H3. The maximum Gasteiger partial charge on any atom is 0.416 e. The second-order valence-corrected chi connectivity index (χ2v) is 5.42. The van der Waals surface area contributed by atoms with Crippen molar-refractivity contribution in [2.45, 2.75) is 18.0 Å². The molecule has 5 nitrogen and oxygen atoms in total. The largest absolute Gasteiger partial charge is 0.465 e. The van der Waals surface area contributed by atoms with Crippen LogP contribution in [0.5, 0.6) is 0 Å². The summed E-state index contributed by atoms with van der Waals surface area (Å²) in [6.07, 6.45) is -4.65. The first-order valence-corrected chi connectivity index (χ1v) is 6.97. The zero-order valence-electron chi connectivity index (χ0n) is 10.4. The number of alkyl halides is 3. The lowest BCUT2D eigenvalue weighted by Crippen LogP contribution is -2.30. The molecule has 0 radical (unpaired) electrons. The lowest BCUT2D eigenvalue weighted by atomic mass is 10.2. The van der Waals surface area contributed by atoms with Crippen molar-refractivity contribution in [2.24, 2.45) is 0 Å². The molecule has 0 saturated carbocycles. The third-order valence-corrected chi connectivity index (χ3v) is 3.58. The SMILES string of the molecule is CCOC(=O)CNS(=O)(=O)c1cccc(C(F)(F)F)c1. The van der Waals surface area contributed by atoms with E-state index in [9.17, 15) is 26.4 Å². The molecule has 20 heavy (non-hydrogen) atoms. The van der Waals surface area contributed by atoms with E-state index in [0.29, 0.717) is 6.07 Å². The number of esters is 1. The molecule has 0 saturated heterocycles. The van der Waals surface area contributed by atoms with Gasteiger partial charge in [0.1, 0.15) is 6.54 Å². The van der Waals surface area contributed by atoms with Gasteiger partial charge in [-0.15, -0.1) is 0 Å². The van der Waals surface area contributed by atoms with Crippen LogP contribution in [-0.2, 0) is 25.7 Å². The van der Waals surface area contributed by atoms with E-state index in [0.717, 1.165) is 18.2 Å². The van der Waals surface area contributed by atoms with Gasteiger partial charge in [0.25, 0.3) is 0 Å². The number of hydrogen-bond donors (Lipinski definition) is 1. The van der Waals surface area contributed by atoms with Crippen molar-refractivity contribution >= 4 is 16.0 Å². The number of ether oxygens (including phenoxy) is 1. The number of carbonyl (C=O) groups excluding carboxylic acids is 1. The van der Waals surface area contributed by atoms with E-state index in [4.69, 9.17) is 0 Å². The van der Waals surface area contributed by atoms with Crippen LogP contribution in [-0.4, -0.2) is 27.5 Å². The van der Waals surface area contributed by atoms with Crippen LogP contribution in [0.15, 0.2) is 29.2 Å². The zero-order valence-corrected chi connectivity index (χ0v) is 11.2. The summed E-state index contributed by atoms with van der Waals surface area (Å²) in [5, 5.41) is 0. The zero-order chi connectivity index (χ0) is 15.4. The minimum absolute atomic E-state index is 0.0735. The fourth-order valence-corrected chi connectivity index (χ4v) is 2.30. The number of halogens is 3. The topological polar surface area (TPSA) is 72.5 Å². The molecule has 0 unspecified atom stereocenters. The van der Waals surface area contributed by atoms with Crippen molar-refractivity contribution in [2.75, 3.05) is 13.2 Å². The van der Waals surface area contributed by atoms with Gasteiger partial charge in [0, 0.05) is 0 Å². The van der Waals surface area contributed by atoms with Gasteiger partial charge < -0.3 is 4.74 Å². The van der Waals surface area contributed by atoms with Gasteiger partial charge in [0.05, 0.1) is 17.1 Å². The lowest BCUT2D eigenvalue weighted by Gasteiger charge is -2.10. The first kappa shape index (κ1) is 16.4. The maximum absolute atomic E-state index is 12.5. The Morgan fingerprint density at radius 2 is 2.00 bits per heavy atom. The van der Waals surface area contributed by atoms with Crippen molar-refractivity contribution < 1.29 is 31.1 Å². The normalized spacial score (nSPS) is 12.2. The van der Waals surface area contributed by atoms with E-state index in [2.05, 4.69) is 4.74 Å². The molecule has 0 amide bonds. The number of rotatable bonds is 5. The molecule has 1 rings (SSSR count). The number of benzene rings is 1. The van der Waals surface area contributed by atoms with Crippen LogP contribution in [0.4, 0.5) is 13.2 Å². The third kappa shape index (κ3) is 4.49. The quantitative estimate of drug-likeness (QED) is 0.837. The van der Waals surface area contributed by atoms with Gasteiger partial charge in [-0.3, -0.25) is 4.79 Å². The van der Waals surface area contributed by atoms with Gasteiger partial charge in [-0.05, 0) is 25.1 Å². The van der Waals surface area contributed by atoms with E-state index in [-0.39, 0.29) is 6.61 Å². The maximum atomic E-state index is 12.5. The highest BCUT2D eigenvalue weighted by atomic mass is 32.2. The fraction of sp³-hybridized carbons (Fsp3) is 0.364. The highest BCUT2D eigenvalue weighted by molar-refractivity contribution is 7.89. The van der Waals surface area contributed by atoms with Gasteiger partial charge in [-0.2, -0.15) is 17.9 Å². The summed E-state index contributed by atoms with van der Waals surface area (Å²) in [7, 11) is -4.21. The monoisotopic (exact) mass is 311 g/mol. The molecule has 0 aliphatic carbocycles. The fourth-order valence-electron chi connectivity index (χ4n) is 1.29. The summed E-state index contributed by atoms with van der Waals surface area (Å²) in [5.74, 6) is -0.817. The molecule has 0 aliphatic rings. The summed E-state index contributed by atoms with van der Waals surface area (Å²) in [5.41, 5.74) is -1.09. The average molecular weight is 311 g/mol. The van der Waals surface area contributed by atoms with Crippen molar-refractivity contribution in [1.82, 2.24) is 4.72 Å². The van der Waals surface area contributed by atoms with Crippen molar-refractivity contribution in [3.05, 3.63) is 29.8 Å². The van der Waals surface area contributed by atoms with Crippen molar-refractivity contribution in [1.29, 1.82) is 0 Å². The minimum Gasteiger partial charge on any atom is -0.465 e. The number of sulfonamides is 1. The van der Waals surface area contributed by atoms with Crippen LogP contribution in [0, 0.1) is 0 Å². The molecule has 0 atom stereocenters. The van der Waals surface area contributed by atoms with Crippen molar-refractivity contribution in [3.63, 3.8) is 0 Å². The molecule has 0 aromatic heterocycles.